The largest absolute Gasteiger partial charge is 0.445 e. The number of rotatable bonds is 5. The normalized spacial score (nSPS) is 8.69. The Morgan fingerprint density at radius 2 is 2.23 bits per heavy atom. The molecule has 0 fully saturated rings. The van der Waals surface area contributed by atoms with Gasteiger partial charge in [-0.3, -0.25) is 4.79 Å². The van der Waals surface area contributed by atoms with Crippen LogP contribution >= 0.6 is 0 Å². The highest BCUT2D eigenvalue weighted by atomic mass is 16.5. The molecule has 0 heterocycles. The highest BCUT2D eigenvalue weighted by Crippen LogP contribution is 1.80. The second kappa shape index (κ2) is 7.15. The van der Waals surface area contributed by atoms with E-state index in [4.69, 9.17) is 0 Å². The van der Waals surface area contributed by atoms with Crippen molar-refractivity contribution in [3.63, 3.8) is 0 Å². The minimum Gasteiger partial charge on any atom is -0.445 e. The van der Waals surface area contributed by atoms with E-state index in [1.165, 1.54) is 6.08 Å². The third kappa shape index (κ3) is 6.86. The topological polar surface area (TPSA) is 67.4 Å². The maximum Gasteiger partial charge on any atom is 0.407 e. The molecule has 0 aliphatic carbocycles. The van der Waals surface area contributed by atoms with E-state index in [0.717, 1.165) is 0 Å². The number of hydrogen-bond acceptors (Lipinski definition) is 3. The summed E-state index contributed by atoms with van der Waals surface area (Å²) in [6, 6.07) is 0. The summed E-state index contributed by atoms with van der Waals surface area (Å²) < 4.78 is 4.61. The summed E-state index contributed by atoms with van der Waals surface area (Å²) in [6.07, 6.45) is 1.18. The van der Waals surface area contributed by atoms with Crippen LogP contribution in [0.2, 0.25) is 0 Å². The number of carbonyl (C=O) groups is 2. The van der Waals surface area contributed by atoms with Crippen molar-refractivity contribution in [1.29, 1.82) is 0 Å². The molecule has 0 aliphatic heterocycles. The second-order valence-corrected chi connectivity index (χ2v) is 2.24. The average Bonchev–Trinajstić information content (AvgIpc) is 2.14. The van der Waals surface area contributed by atoms with Crippen molar-refractivity contribution < 1.29 is 14.3 Å². The standard InChI is InChI=1S/C8H14N2O3/c1-3-6-13-8(12)10-5-4-7(11)9-2/h3H,1,4-6H2,2H3,(H,9,11)(H,10,12). The van der Waals surface area contributed by atoms with E-state index in [-0.39, 0.29) is 25.5 Å². The van der Waals surface area contributed by atoms with Crippen molar-refractivity contribution >= 4 is 12.0 Å². The number of amides is 2. The lowest BCUT2D eigenvalue weighted by Gasteiger charge is -2.03. The molecule has 0 aromatic carbocycles. The van der Waals surface area contributed by atoms with Crippen molar-refractivity contribution in [3.8, 4) is 0 Å². The zero-order chi connectivity index (χ0) is 10.1. The number of hydrogen-bond donors (Lipinski definition) is 2. The number of ether oxygens (including phenoxy) is 1. The molecule has 0 aliphatic rings. The van der Waals surface area contributed by atoms with Crippen molar-refractivity contribution in [2.75, 3.05) is 20.2 Å². The number of carbonyl (C=O) groups excluding carboxylic acids is 2. The quantitative estimate of drug-likeness (QED) is 0.595. The fraction of sp³-hybridized carbons (Fsp3) is 0.500. The van der Waals surface area contributed by atoms with Gasteiger partial charge in [0.15, 0.2) is 0 Å². The molecule has 0 aromatic heterocycles. The van der Waals surface area contributed by atoms with Gasteiger partial charge in [-0.25, -0.2) is 4.79 Å². The maximum atomic E-state index is 10.8. The smallest absolute Gasteiger partial charge is 0.407 e. The first-order chi connectivity index (χ1) is 6.20. The van der Waals surface area contributed by atoms with E-state index in [9.17, 15) is 9.59 Å². The Bertz CT molecular complexity index is 192. The molecule has 2 N–H and O–H groups in total. The molecule has 0 atom stereocenters. The van der Waals surface area contributed by atoms with Crippen LogP contribution in [0.15, 0.2) is 12.7 Å². The van der Waals surface area contributed by atoms with Crippen LogP contribution in [-0.2, 0) is 9.53 Å². The third-order valence-electron chi connectivity index (χ3n) is 1.23. The van der Waals surface area contributed by atoms with Crippen LogP contribution in [0.5, 0.6) is 0 Å². The fourth-order valence-electron chi connectivity index (χ4n) is 0.589. The highest BCUT2D eigenvalue weighted by Gasteiger charge is 2.01. The minimum absolute atomic E-state index is 0.121. The van der Waals surface area contributed by atoms with E-state index < -0.39 is 6.09 Å². The van der Waals surface area contributed by atoms with E-state index in [2.05, 4.69) is 21.9 Å². The van der Waals surface area contributed by atoms with Crippen LogP contribution in [0.3, 0.4) is 0 Å². The van der Waals surface area contributed by atoms with Crippen molar-refractivity contribution in [2.24, 2.45) is 0 Å². The lowest BCUT2D eigenvalue weighted by molar-refractivity contribution is -0.120. The Morgan fingerprint density at radius 3 is 2.77 bits per heavy atom. The van der Waals surface area contributed by atoms with Crippen LogP contribution in [-0.4, -0.2) is 32.2 Å². The summed E-state index contributed by atoms with van der Waals surface area (Å²) in [5.41, 5.74) is 0. The molecule has 0 spiro atoms. The summed E-state index contributed by atoms with van der Waals surface area (Å²) in [7, 11) is 1.54. The Morgan fingerprint density at radius 1 is 1.54 bits per heavy atom. The van der Waals surface area contributed by atoms with E-state index in [0.29, 0.717) is 0 Å². The van der Waals surface area contributed by atoms with Gasteiger partial charge in [-0.15, -0.1) is 0 Å². The summed E-state index contributed by atoms with van der Waals surface area (Å²) in [6.45, 7) is 3.83. The van der Waals surface area contributed by atoms with E-state index >= 15 is 0 Å². The van der Waals surface area contributed by atoms with Gasteiger partial charge in [-0.2, -0.15) is 0 Å². The van der Waals surface area contributed by atoms with Crippen LogP contribution in [0.25, 0.3) is 0 Å². The predicted molar refractivity (Wildman–Crippen MR) is 48.2 cm³/mol. The second-order valence-electron chi connectivity index (χ2n) is 2.24. The molecule has 13 heavy (non-hydrogen) atoms. The fourth-order valence-corrected chi connectivity index (χ4v) is 0.589. The molecule has 2 amide bonds. The minimum atomic E-state index is -0.538. The lowest BCUT2D eigenvalue weighted by Crippen LogP contribution is -2.29. The molecule has 0 rings (SSSR count). The van der Waals surface area contributed by atoms with Crippen LogP contribution in [0.1, 0.15) is 6.42 Å². The van der Waals surface area contributed by atoms with Gasteiger partial charge in [0, 0.05) is 20.0 Å². The number of nitrogens with one attached hydrogen (secondary N) is 2. The van der Waals surface area contributed by atoms with Gasteiger partial charge in [-0.05, 0) is 0 Å². The zero-order valence-electron chi connectivity index (χ0n) is 7.63. The molecular weight excluding hydrogens is 172 g/mol. The summed E-state index contributed by atoms with van der Waals surface area (Å²) in [4.78, 5) is 21.4. The maximum absolute atomic E-state index is 10.8. The molecule has 0 bridgehead atoms. The Balaban J connectivity index is 3.36. The van der Waals surface area contributed by atoms with Gasteiger partial charge in [0.05, 0.1) is 0 Å². The summed E-state index contributed by atoms with van der Waals surface area (Å²) in [5.74, 6) is -0.121. The van der Waals surface area contributed by atoms with Crippen LogP contribution in [0, 0.1) is 0 Å². The average molecular weight is 186 g/mol. The molecule has 5 nitrogen and oxygen atoms in total. The van der Waals surface area contributed by atoms with Gasteiger partial charge >= 0.3 is 6.09 Å². The SMILES string of the molecule is C=CCOC(=O)NCCC(=O)NC. The van der Waals surface area contributed by atoms with Gasteiger partial charge in [0.2, 0.25) is 5.91 Å². The summed E-state index contributed by atoms with van der Waals surface area (Å²) >= 11 is 0. The number of alkyl carbamates (subject to hydrolysis) is 1. The monoisotopic (exact) mass is 186 g/mol. The molecule has 0 unspecified atom stereocenters. The molecule has 0 radical (unpaired) electrons. The van der Waals surface area contributed by atoms with Crippen molar-refractivity contribution in [3.05, 3.63) is 12.7 Å². The van der Waals surface area contributed by atoms with E-state index in [1.54, 1.807) is 7.05 Å². The molecule has 74 valence electrons. The van der Waals surface area contributed by atoms with Crippen molar-refractivity contribution in [2.45, 2.75) is 6.42 Å². The molecule has 0 saturated heterocycles. The molecular formula is C8H14N2O3. The van der Waals surface area contributed by atoms with Gasteiger partial charge < -0.3 is 15.4 Å². The van der Waals surface area contributed by atoms with Gasteiger partial charge in [-0.1, -0.05) is 12.7 Å². The van der Waals surface area contributed by atoms with E-state index in [1.807, 2.05) is 0 Å². The van der Waals surface area contributed by atoms with Crippen LogP contribution < -0.4 is 10.6 Å². The lowest BCUT2D eigenvalue weighted by atomic mass is 10.4. The zero-order valence-corrected chi connectivity index (χ0v) is 7.63. The van der Waals surface area contributed by atoms with Crippen molar-refractivity contribution in [1.82, 2.24) is 10.6 Å². The molecule has 0 aromatic rings. The first-order valence-corrected chi connectivity index (χ1v) is 3.92. The van der Waals surface area contributed by atoms with Gasteiger partial charge in [0.25, 0.3) is 0 Å². The Labute approximate surface area is 77.1 Å². The summed E-state index contributed by atoms with van der Waals surface area (Å²) in [5, 5.41) is 4.85. The predicted octanol–water partition coefficient (Wildman–Crippen LogP) is 0.0347. The Kier molecular flexibility index (Phi) is 6.31. The Hall–Kier alpha value is -1.52. The molecule has 5 heteroatoms. The first-order valence-electron chi connectivity index (χ1n) is 3.92. The third-order valence-corrected chi connectivity index (χ3v) is 1.23. The first kappa shape index (κ1) is 11.5. The highest BCUT2D eigenvalue weighted by molar-refractivity contribution is 5.76. The molecule has 0 saturated carbocycles. The van der Waals surface area contributed by atoms with Crippen LogP contribution in [0.4, 0.5) is 4.79 Å². The van der Waals surface area contributed by atoms with Gasteiger partial charge in [0.1, 0.15) is 6.61 Å².